The molecule has 0 saturated carbocycles. The summed E-state index contributed by atoms with van der Waals surface area (Å²) in [6, 6.07) is 14.6. The van der Waals surface area contributed by atoms with Gasteiger partial charge >= 0.3 is 0 Å². The minimum atomic E-state index is 0. The number of rotatable bonds is 9. The van der Waals surface area contributed by atoms with Crippen LogP contribution in [0.25, 0.3) is 10.9 Å². The molecule has 1 heterocycles. The number of guanidine groups is 1. The highest BCUT2D eigenvalue weighted by molar-refractivity contribution is 14.0. The summed E-state index contributed by atoms with van der Waals surface area (Å²) in [6.07, 6.45) is 3.00. The van der Waals surface area contributed by atoms with Crippen LogP contribution in [0.15, 0.2) is 53.7 Å². The lowest BCUT2D eigenvalue weighted by Crippen LogP contribution is -2.42. The number of nitrogens with zero attached hydrogens (tertiary/aromatic N) is 2. The Hall–Kier alpha value is -2.46. The normalized spacial score (nSPS) is 12.4. The Kier molecular flexibility index (Phi) is 10.1. The van der Waals surface area contributed by atoms with E-state index in [4.69, 9.17) is 9.47 Å². The molecular formula is C24H34IN5O2. The molecule has 0 spiro atoms. The van der Waals surface area contributed by atoms with E-state index in [9.17, 15) is 0 Å². The predicted octanol–water partition coefficient (Wildman–Crippen LogP) is 3.81. The third kappa shape index (κ3) is 6.29. The number of para-hydroxylation sites is 1. The molecule has 0 bridgehead atoms. The average Bonchev–Trinajstić information content (AvgIpc) is 3.20. The minimum Gasteiger partial charge on any atom is -0.493 e. The first-order chi connectivity index (χ1) is 15.1. The van der Waals surface area contributed by atoms with Crippen molar-refractivity contribution in [2.75, 3.05) is 48.5 Å². The maximum atomic E-state index is 5.47. The molecule has 0 fully saturated rings. The van der Waals surface area contributed by atoms with Gasteiger partial charge in [-0.05, 0) is 49.8 Å². The first kappa shape index (κ1) is 25.8. The van der Waals surface area contributed by atoms with Crippen molar-refractivity contribution in [3.63, 3.8) is 0 Å². The first-order valence-electron chi connectivity index (χ1n) is 10.4. The molecule has 0 amide bonds. The summed E-state index contributed by atoms with van der Waals surface area (Å²) in [5, 5.41) is 8.14. The Labute approximate surface area is 207 Å². The lowest BCUT2D eigenvalue weighted by Gasteiger charge is -2.26. The molecule has 3 aromatic rings. The first-order valence-corrected chi connectivity index (χ1v) is 10.4. The zero-order valence-corrected chi connectivity index (χ0v) is 21.8. The average molecular weight is 551 g/mol. The fourth-order valence-electron chi connectivity index (χ4n) is 3.73. The van der Waals surface area contributed by atoms with E-state index in [2.05, 4.69) is 70.1 Å². The van der Waals surface area contributed by atoms with E-state index in [1.54, 1.807) is 21.3 Å². The Morgan fingerprint density at radius 1 is 1.06 bits per heavy atom. The van der Waals surface area contributed by atoms with Gasteiger partial charge in [0.05, 0.1) is 20.3 Å². The smallest absolute Gasteiger partial charge is 0.191 e. The molecule has 0 radical (unpaired) electrons. The maximum Gasteiger partial charge on any atom is 0.191 e. The van der Waals surface area contributed by atoms with Gasteiger partial charge in [0, 0.05) is 37.2 Å². The summed E-state index contributed by atoms with van der Waals surface area (Å²) in [7, 11) is 9.23. The molecule has 174 valence electrons. The number of halogens is 1. The number of H-pyrrole nitrogens is 1. The molecule has 32 heavy (non-hydrogen) atoms. The van der Waals surface area contributed by atoms with Crippen LogP contribution in [-0.4, -0.2) is 64.3 Å². The van der Waals surface area contributed by atoms with Gasteiger partial charge < -0.3 is 30.0 Å². The van der Waals surface area contributed by atoms with Crippen molar-refractivity contribution in [2.24, 2.45) is 4.99 Å². The molecule has 7 nitrogen and oxygen atoms in total. The van der Waals surface area contributed by atoms with Crippen molar-refractivity contribution in [1.82, 2.24) is 20.5 Å². The molecule has 0 aliphatic carbocycles. The van der Waals surface area contributed by atoms with Gasteiger partial charge in [0.2, 0.25) is 0 Å². The molecular weight excluding hydrogens is 517 g/mol. The topological polar surface area (TPSA) is 73.9 Å². The van der Waals surface area contributed by atoms with Crippen LogP contribution in [0.4, 0.5) is 0 Å². The number of aromatic amines is 1. The van der Waals surface area contributed by atoms with E-state index in [1.165, 1.54) is 16.5 Å². The number of likely N-dealkylation sites (N-methyl/N-ethyl adjacent to an activating group) is 1. The van der Waals surface area contributed by atoms with Crippen molar-refractivity contribution >= 4 is 40.8 Å². The highest BCUT2D eigenvalue weighted by atomic mass is 127. The van der Waals surface area contributed by atoms with E-state index in [-0.39, 0.29) is 30.0 Å². The summed E-state index contributed by atoms with van der Waals surface area (Å²) < 4.78 is 10.8. The van der Waals surface area contributed by atoms with E-state index < -0.39 is 0 Å². The number of benzene rings is 2. The van der Waals surface area contributed by atoms with Gasteiger partial charge in [0.25, 0.3) is 0 Å². The lowest BCUT2D eigenvalue weighted by atomic mass is 10.1. The van der Waals surface area contributed by atoms with Gasteiger partial charge in [-0.25, -0.2) is 0 Å². The second-order valence-electron chi connectivity index (χ2n) is 7.58. The van der Waals surface area contributed by atoms with Crippen LogP contribution in [0.1, 0.15) is 17.2 Å². The molecule has 1 atom stereocenters. The molecule has 0 saturated heterocycles. The van der Waals surface area contributed by atoms with Crippen molar-refractivity contribution in [1.29, 1.82) is 0 Å². The number of hydrogen-bond acceptors (Lipinski definition) is 4. The summed E-state index contributed by atoms with van der Waals surface area (Å²) >= 11 is 0. The molecule has 1 aromatic heterocycles. The number of ether oxygens (including phenoxy) is 2. The molecule has 0 aliphatic heterocycles. The Balaban J connectivity index is 0.00000363. The highest BCUT2D eigenvalue weighted by Gasteiger charge is 2.17. The van der Waals surface area contributed by atoms with Crippen LogP contribution in [0.5, 0.6) is 11.5 Å². The highest BCUT2D eigenvalue weighted by Crippen LogP contribution is 2.31. The molecule has 8 heteroatoms. The predicted molar refractivity (Wildman–Crippen MR) is 143 cm³/mol. The van der Waals surface area contributed by atoms with Crippen LogP contribution in [-0.2, 0) is 6.42 Å². The molecule has 3 rings (SSSR count). The van der Waals surface area contributed by atoms with E-state index in [0.29, 0.717) is 6.54 Å². The third-order valence-electron chi connectivity index (χ3n) is 5.46. The largest absolute Gasteiger partial charge is 0.493 e. The Bertz CT molecular complexity index is 1020. The van der Waals surface area contributed by atoms with Crippen LogP contribution in [0, 0.1) is 0 Å². The minimum absolute atomic E-state index is 0. The van der Waals surface area contributed by atoms with Crippen molar-refractivity contribution < 1.29 is 9.47 Å². The summed E-state index contributed by atoms with van der Waals surface area (Å²) in [6.45, 7) is 1.50. The maximum absolute atomic E-state index is 5.47. The number of methoxy groups -OCH3 is 2. The van der Waals surface area contributed by atoms with Gasteiger partial charge in [-0.2, -0.15) is 0 Å². The monoisotopic (exact) mass is 551 g/mol. The van der Waals surface area contributed by atoms with Crippen LogP contribution in [0.2, 0.25) is 0 Å². The molecule has 3 N–H and O–H groups in total. The van der Waals surface area contributed by atoms with Gasteiger partial charge in [-0.15, -0.1) is 24.0 Å². The van der Waals surface area contributed by atoms with Crippen molar-refractivity contribution in [3.05, 3.63) is 59.8 Å². The third-order valence-corrected chi connectivity index (χ3v) is 5.46. The van der Waals surface area contributed by atoms with Crippen LogP contribution < -0.4 is 20.1 Å². The van der Waals surface area contributed by atoms with Gasteiger partial charge in [0.15, 0.2) is 17.5 Å². The quantitative estimate of drug-likeness (QED) is 0.214. The van der Waals surface area contributed by atoms with Gasteiger partial charge in [0.1, 0.15) is 0 Å². The van der Waals surface area contributed by atoms with Crippen molar-refractivity contribution in [2.45, 2.75) is 12.5 Å². The number of nitrogens with one attached hydrogen (secondary N) is 3. The second kappa shape index (κ2) is 12.5. The summed E-state index contributed by atoms with van der Waals surface area (Å²) in [5.41, 5.74) is 3.61. The van der Waals surface area contributed by atoms with E-state index >= 15 is 0 Å². The lowest BCUT2D eigenvalue weighted by molar-refractivity contribution is 0.295. The second-order valence-corrected chi connectivity index (χ2v) is 7.58. The van der Waals surface area contributed by atoms with Crippen LogP contribution in [0.3, 0.4) is 0 Å². The van der Waals surface area contributed by atoms with Crippen molar-refractivity contribution in [3.8, 4) is 11.5 Å². The fraction of sp³-hybridized carbons (Fsp3) is 0.375. The Morgan fingerprint density at radius 3 is 2.50 bits per heavy atom. The fourth-order valence-corrected chi connectivity index (χ4v) is 3.73. The van der Waals surface area contributed by atoms with E-state index in [0.717, 1.165) is 36.0 Å². The van der Waals surface area contributed by atoms with Gasteiger partial charge in [-0.1, -0.05) is 24.3 Å². The number of aromatic nitrogens is 1. The molecule has 0 aliphatic rings. The van der Waals surface area contributed by atoms with E-state index in [1.807, 2.05) is 18.2 Å². The molecule has 1 unspecified atom stereocenters. The summed E-state index contributed by atoms with van der Waals surface area (Å²) in [4.78, 5) is 9.88. The number of fused-ring (bicyclic) bond motifs is 1. The number of hydrogen-bond donors (Lipinski definition) is 3. The zero-order chi connectivity index (χ0) is 22.2. The number of aliphatic imine (C=N–C) groups is 1. The van der Waals surface area contributed by atoms with Crippen LogP contribution >= 0.6 is 24.0 Å². The molecule has 2 aromatic carbocycles. The SMILES string of the molecule is CN=C(NCCc1c[nH]c2ccccc12)NCC(c1ccc(OC)c(OC)c1)N(C)C.I. The Morgan fingerprint density at radius 2 is 1.81 bits per heavy atom. The summed E-state index contributed by atoms with van der Waals surface area (Å²) in [5.74, 6) is 2.24. The standard InChI is InChI=1S/C24H33N5O2.HI/c1-25-24(26-13-12-18-15-27-20-9-7-6-8-19(18)20)28-16-21(29(2)3)17-10-11-22(30-4)23(14-17)31-5;/h6-11,14-15,21,27H,12-13,16H2,1-5H3,(H2,25,26,28);1H. The van der Waals surface area contributed by atoms with Gasteiger partial charge in [-0.3, -0.25) is 4.99 Å². The zero-order valence-electron chi connectivity index (χ0n) is 19.4.